The summed E-state index contributed by atoms with van der Waals surface area (Å²) < 4.78 is 31.8. The highest BCUT2D eigenvalue weighted by molar-refractivity contribution is 7.85. The summed E-state index contributed by atoms with van der Waals surface area (Å²) in [4.78, 5) is 0.0610. The second-order valence-electron chi connectivity index (χ2n) is 11.4. The third-order valence-corrected chi connectivity index (χ3v) is 8.67. The van der Waals surface area contributed by atoms with E-state index in [9.17, 15) is 13.0 Å². The molecule has 0 saturated carbocycles. The molecule has 0 radical (unpaired) electrons. The number of hydrogen-bond acceptors (Lipinski definition) is 2. The van der Waals surface area contributed by atoms with Crippen LogP contribution in [-0.4, -0.2) is 13.0 Å². The van der Waals surface area contributed by atoms with E-state index in [0.717, 1.165) is 18.4 Å². The highest BCUT2D eigenvalue weighted by Crippen LogP contribution is 2.19. The zero-order chi connectivity index (χ0) is 29.2. The summed E-state index contributed by atoms with van der Waals surface area (Å²) in [6.07, 6.45) is 28.8. The van der Waals surface area contributed by atoms with Crippen molar-refractivity contribution in [2.24, 2.45) is 0 Å². The SMILES string of the molecule is CCCCCCCCCCCCc1ccccc1.CCCCCCCCCCCCc1ccccc1S(=O)(=O)O. The zero-order valence-electron chi connectivity index (χ0n) is 25.9. The minimum absolute atomic E-state index is 0.0610. The third-order valence-electron chi connectivity index (χ3n) is 7.71. The summed E-state index contributed by atoms with van der Waals surface area (Å²) in [5.41, 5.74) is 2.22. The summed E-state index contributed by atoms with van der Waals surface area (Å²) in [5.74, 6) is 0. The fourth-order valence-electron chi connectivity index (χ4n) is 5.23. The highest BCUT2D eigenvalue weighted by Gasteiger charge is 2.13. The van der Waals surface area contributed by atoms with Crippen molar-refractivity contribution in [2.45, 2.75) is 160 Å². The lowest BCUT2D eigenvalue weighted by molar-refractivity contribution is 0.481. The molecule has 0 atom stereocenters. The maximum absolute atomic E-state index is 11.3. The molecule has 0 aliphatic heterocycles. The second kappa shape index (κ2) is 25.1. The van der Waals surface area contributed by atoms with Gasteiger partial charge in [0.1, 0.15) is 0 Å². The largest absolute Gasteiger partial charge is 0.294 e. The quantitative estimate of drug-likeness (QED) is 0.106. The Morgan fingerprint density at radius 2 is 0.850 bits per heavy atom. The summed E-state index contributed by atoms with van der Waals surface area (Å²) in [6, 6.07) is 17.6. The summed E-state index contributed by atoms with van der Waals surface area (Å²) in [6.45, 7) is 4.52. The summed E-state index contributed by atoms with van der Waals surface area (Å²) in [7, 11) is -4.10. The average molecular weight is 573 g/mol. The maximum atomic E-state index is 11.3. The zero-order valence-corrected chi connectivity index (χ0v) is 26.7. The van der Waals surface area contributed by atoms with Gasteiger partial charge < -0.3 is 0 Å². The first kappa shape index (κ1) is 36.4. The Hall–Kier alpha value is -1.65. The van der Waals surface area contributed by atoms with Crippen LogP contribution < -0.4 is 0 Å². The van der Waals surface area contributed by atoms with Gasteiger partial charge in [-0.25, -0.2) is 0 Å². The van der Waals surface area contributed by atoms with Crippen molar-refractivity contribution in [1.82, 2.24) is 0 Å². The van der Waals surface area contributed by atoms with Gasteiger partial charge in [-0.3, -0.25) is 4.55 Å². The summed E-state index contributed by atoms with van der Waals surface area (Å²) in [5, 5.41) is 0. The molecular formula is C36H60O3S. The first-order chi connectivity index (χ1) is 19.5. The number of unbranched alkanes of at least 4 members (excludes halogenated alkanes) is 18. The van der Waals surface area contributed by atoms with Gasteiger partial charge in [-0.15, -0.1) is 0 Å². The van der Waals surface area contributed by atoms with Crippen LogP contribution in [0, 0.1) is 0 Å². The van der Waals surface area contributed by atoms with Gasteiger partial charge in [0.25, 0.3) is 10.1 Å². The monoisotopic (exact) mass is 572 g/mol. The van der Waals surface area contributed by atoms with E-state index in [4.69, 9.17) is 0 Å². The van der Waals surface area contributed by atoms with E-state index in [-0.39, 0.29) is 4.90 Å². The van der Waals surface area contributed by atoms with Gasteiger partial charge in [0.05, 0.1) is 4.90 Å². The highest BCUT2D eigenvalue weighted by atomic mass is 32.2. The molecule has 3 nitrogen and oxygen atoms in total. The van der Waals surface area contributed by atoms with Crippen LogP contribution in [0.15, 0.2) is 59.5 Å². The molecule has 0 aliphatic rings. The number of aryl methyl sites for hydroxylation is 2. The average Bonchev–Trinajstić information content (AvgIpc) is 2.96. The van der Waals surface area contributed by atoms with Crippen molar-refractivity contribution in [3.63, 3.8) is 0 Å². The Balaban J connectivity index is 0.000000408. The van der Waals surface area contributed by atoms with Crippen LogP contribution in [-0.2, 0) is 23.0 Å². The topological polar surface area (TPSA) is 54.4 Å². The summed E-state index contributed by atoms with van der Waals surface area (Å²) >= 11 is 0. The molecule has 0 saturated heterocycles. The van der Waals surface area contributed by atoms with Crippen molar-refractivity contribution in [1.29, 1.82) is 0 Å². The Bertz CT molecular complexity index is 924. The molecule has 0 bridgehead atoms. The van der Waals surface area contributed by atoms with Crippen LogP contribution in [0.1, 0.15) is 153 Å². The van der Waals surface area contributed by atoms with Gasteiger partial charge in [-0.1, -0.05) is 178 Å². The first-order valence-corrected chi connectivity index (χ1v) is 18.0. The molecule has 228 valence electrons. The van der Waals surface area contributed by atoms with Crippen LogP contribution in [0.3, 0.4) is 0 Å². The Morgan fingerprint density at radius 3 is 1.30 bits per heavy atom. The standard InChI is InChI=1S/C18H30O3S.C18H30/c1-2-3-4-5-6-7-8-9-10-11-14-17-15-12-13-16-18(17)22(19,20)21;1-2-3-4-5-6-7-8-9-10-12-15-18-16-13-11-14-17-18/h12-13,15-16H,2-11,14H2,1H3,(H,19,20,21);11,13-14,16-17H,2-10,12,15H2,1H3. The van der Waals surface area contributed by atoms with E-state index in [1.165, 1.54) is 134 Å². The smallest absolute Gasteiger partial charge is 0.282 e. The van der Waals surface area contributed by atoms with E-state index in [2.05, 4.69) is 44.2 Å². The molecule has 0 aromatic heterocycles. The second-order valence-corrected chi connectivity index (χ2v) is 12.8. The third kappa shape index (κ3) is 20.3. The maximum Gasteiger partial charge on any atom is 0.294 e. The van der Waals surface area contributed by atoms with Gasteiger partial charge in [0.15, 0.2) is 0 Å². The van der Waals surface area contributed by atoms with E-state index in [0.29, 0.717) is 6.42 Å². The Morgan fingerprint density at radius 1 is 0.475 bits per heavy atom. The fraction of sp³-hybridized carbons (Fsp3) is 0.667. The molecule has 0 fully saturated rings. The van der Waals surface area contributed by atoms with Crippen molar-refractivity contribution in [3.8, 4) is 0 Å². The molecule has 0 heterocycles. The Kier molecular flexibility index (Phi) is 22.8. The van der Waals surface area contributed by atoms with Gasteiger partial charge in [0, 0.05) is 0 Å². The normalized spacial score (nSPS) is 11.3. The predicted octanol–water partition coefficient (Wildman–Crippen LogP) is 11.5. The molecular weight excluding hydrogens is 512 g/mol. The molecule has 0 aliphatic carbocycles. The number of hydrogen-bond donors (Lipinski definition) is 1. The van der Waals surface area contributed by atoms with E-state index in [1.807, 2.05) is 6.07 Å². The lowest BCUT2D eigenvalue weighted by Gasteiger charge is -2.07. The van der Waals surface area contributed by atoms with Crippen LogP contribution in [0.4, 0.5) is 0 Å². The van der Waals surface area contributed by atoms with Crippen LogP contribution in [0.2, 0.25) is 0 Å². The minimum Gasteiger partial charge on any atom is -0.282 e. The van der Waals surface area contributed by atoms with Crippen molar-refractivity contribution in [3.05, 3.63) is 65.7 Å². The van der Waals surface area contributed by atoms with Crippen LogP contribution in [0.25, 0.3) is 0 Å². The molecule has 2 aromatic rings. The van der Waals surface area contributed by atoms with E-state index < -0.39 is 10.1 Å². The number of rotatable bonds is 23. The molecule has 0 unspecified atom stereocenters. The molecule has 40 heavy (non-hydrogen) atoms. The molecule has 2 rings (SSSR count). The van der Waals surface area contributed by atoms with Crippen LogP contribution in [0.5, 0.6) is 0 Å². The van der Waals surface area contributed by atoms with Gasteiger partial charge in [0.2, 0.25) is 0 Å². The van der Waals surface area contributed by atoms with E-state index in [1.54, 1.807) is 12.1 Å². The predicted molar refractivity (Wildman–Crippen MR) is 174 cm³/mol. The molecule has 2 aromatic carbocycles. The lowest BCUT2D eigenvalue weighted by atomic mass is 10.0. The molecule has 0 spiro atoms. The minimum atomic E-state index is -4.10. The van der Waals surface area contributed by atoms with Crippen molar-refractivity contribution >= 4 is 10.1 Å². The van der Waals surface area contributed by atoms with Crippen molar-refractivity contribution < 1.29 is 13.0 Å². The number of benzene rings is 2. The lowest BCUT2D eigenvalue weighted by Crippen LogP contribution is -2.03. The van der Waals surface area contributed by atoms with Gasteiger partial charge >= 0.3 is 0 Å². The van der Waals surface area contributed by atoms with Gasteiger partial charge in [-0.05, 0) is 42.9 Å². The van der Waals surface area contributed by atoms with Gasteiger partial charge in [-0.2, -0.15) is 8.42 Å². The molecule has 1 N–H and O–H groups in total. The molecule has 4 heteroatoms. The first-order valence-electron chi connectivity index (χ1n) is 16.6. The fourth-order valence-corrected chi connectivity index (χ4v) is 5.98. The molecule has 0 amide bonds. The van der Waals surface area contributed by atoms with Crippen molar-refractivity contribution in [2.75, 3.05) is 0 Å². The van der Waals surface area contributed by atoms with Crippen LogP contribution >= 0.6 is 0 Å². The van der Waals surface area contributed by atoms with E-state index >= 15 is 0 Å². The Labute approximate surface area is 248 Å².